The highest BCUT2D eigenvalue weighted by atomic mass is 15.2. The Morgan fingerprint density at radius 2 is 1.72 bits per heavy atom. The summed E-state index contributed by atoms with van der Waals surface area (Å²) >= 11 is 0. The molecule has 1 heterocycles. The molecule has 0 bridgehead atoms. The summed E-state index contributed by atoms with van der Waals surface area (Å²) in [5.41, 5.74) is 0. The predicted octanol–water partition coefficient (Wildman–Crippen LogP) is 3.17. The van der Waals surface area contributed by atoms with Gasteiger partial charge in [-0.1, -0.05) is 32.6 Å². The zero-order valence-electron chi connectivity index (χ0n) is 12.0. The number of likely N-dealkylation sites (N-methyl/N-ethyl adjacent to an activating group) is 1. The summed E-state index contributed by atoms with van der Waals surface area (Å²) in [6.45, 7) is 4.91. The van der Waals surface area contributed by atoms with E-state index < -0.39 is 0 Å². The van der Waals surface area contributed by atoms with Crippen LogP contribution in [0.1, 0.15) is 64.7 Å². The number of nitrogens with one attached hydrogen (secondary N) is 1. The predicted molar refractivity (Wildman–Crippen MR) is 76.8 cm³/mol. The lowest BCUT2D eigenvalue weighted by Crippen LogP contribution is -2.44. The van der Waals surface area contributed by atoms with E-state index in [1.54, 1.807) is 0 Å². The van der Waals surface area contributed by atoms with Gasteiger partial charge in [-0.05, 0) is 44.6 Å². The lowest BCUT2D eigenvalue weighted by atomic mass is 9.85. The molecule has 3 aliphatic rings. The van der Waals surface area contributed by atoms with Crippen molar-refractivity contribution in [2.24, 2.45) is 5.92 Å². The molecule has 0 aromatic carbocycles. The van der Waals surface area contributed by atoms with E-state index in [2.05, 4.69) is 17.1 Å². The molecule has 18 heavy (non-hydrogen) atoms. The first kappa shape index (κ1) is 12.9. The Morgan fingerprint density at radius 1 is 1.00 bits per heavy atom. The lowest BCUT2D eigenvalue weighted by molar-refractivity contribution is 0.189. The van der Waals surface area contributed by atoms with E-state index in [1.807, 2.05) is 0 Å². The van der Waals surface area contributed by atoms with Crippen LogP contribution in [0.25, 0.3) is 0 Å². The van der Waals surface area contributed by atoms with Crippen molar-refractivity contribution in [3.05, 3.63) is 0 Å². The summed E-state index contributed by atoms with van der Waals surface area (Å²) in [4.78, 5) is 2.77. The molecule has 104 valence electrons. The summed E-state index contributed by atoms with van der Waals surface area (Å²) < 4.78 is 0. The van der Waals surface area contributed by atoms with Crippen LogP contribution in [0.2, 0.25) is 0 Å². The van der Waals surface area contributed by atoms with E-state index in [-0.39, 0.29) is 0 Å². The van der Waals surface area contributed by atoms with Crippen LogP contribution in [0, 0.1) is 5.92 Å². The van der Waals surface area contributed by atoms with Crippen LogP contribution >= 0.6 is 0 Å². The summed E-state index contributed by atoms with van der Waals surface area (Å²) in [5, 5.41) is 3.94. The monoisotopic (exact) mass is 250 g/mol. The third kappa shape index (κ3) is 2.75. The minimum absolute atomic E-state index is 0.790. The van der Waals surface area contributed by atoms with Crippen molar-refractivity contribution >= 4 is 0 Å². The molecule has 2 nitrogen and oxygen atoms in total. The number of rotatable bonds is 4. The van der Waals surface area contributed by atoms with E-state index in [0.29, 0.717) is 0 Å². The van der Waals surface area contributed by atoms with Crippen LogP contribution in [-0.4, -0.2) is 36.1 Å². The van der Waals surface area contributed by atoms with Gasteiger partial charge in [0.2, 0.25) is 0 Å². The first-order valence-corrected chi connectivity index (χ1v) is 8.37. The van der Waals surface area contributed by atoms with Crippen LogP contribution in [0.5, 0.6) is 0 Å². The van der Waals surface area contributed by atoms with Crippen molar-refractivity contribution in [3.8, 4) is 0 Å². The number of hydrogen-bond acceptors (Lipinski definition) is 2. The maximum Gasteiger partial charge on any atom is 0.0201 e. The fourth-order valence-electron chi connectivity index (χ4n) is 4.66. The molecular weight excluding hydrogens is 220 g/mol. The Hall–Kier alpha value is -0.0800. The zero-order chi connectivity index (χ0) is 12.4. The van der Waals surface area contributed by atoms with Crippen molar-refractivity contribution < 1.29 is 0 Å². The Balaban J connectivity index is 1.52. The van der Waals surface area contributed by atoms with E-state index in [9.17, 15) is 0 Å². The summed E-state index contributed by atoms with van der Waals surface area (Å²) in [6, 6.07) is 2.56. The van der Waals surface area contributed by atoms with E-state index in [4.69, 9.17) is 0 Å². The Kier molecular flexibility index (Phi) is 4.25. The number of hydrogen-bond donors (Lipinski definition) is 1. The Morgan fingerprint density at radius 3 is 2.44 bits per heavy atom. The maximum atomic E-state index is 3.94. The van der Waals surface area contributed by atoms with E-state index >= 15 is 0 Å². The van der Waals surface area contributed by atoms with Gasteiger partial charge in [-0.3, -0.25) is 4.90 Å². The molecule has 0 radical (unpaired) electrons. The largest absolute Gasteiger partial charge is 0.310 e. The quantitative estimate of drug-likeness (QED) is 0.824. The highest BCUT2D eigenvalue weighted by molar-refractivity contribution is 4.94. The molecule has 3 unspecified atom stereocenters. The van der Waals surface area contributed by atoms with Gasteiger partial charge in [0.1, 0.15) is 0 Å². The fourth-order valence-corrected chi connectivity index (χ4v) is 4.66. The van der Waals surface area contributed by atoms with Crippen molar-refractivity contribution in [1.82, 2.24) is 10.2 Å². The van der Waals surface area contributed by atoms with Gasteiger partial charge in [0.05, 0.1) is 0 Å². The average Bonchev–Trinajstić information content (AvgIpc) is 3.04. The topological polar surface area (TPSA) is 15.3 Å². The Labute approximate surface area is 113 Å². The molecule has 0 amide bonds. The van der Waals surface area contributed by atoms with Gasteiger partial charge in [0.15, 0.2) is 0 Å². The molecule has 0 aromatic heterocycles. The average molecular weight is 250 g/mol. The van der Waals surface area contributed by atoms with Crippen LogP contribution in [0.3, 0.4) is 0 Å². The van der Waals surface area contributed by atoms with Crippen LogP contribution in [0.15, 0.2) is 0 Å². The zero-order valence-corrected chi connectivity index (χ0v) is 12.0. The second-order valence-corrected chi connectivity index (χ2v) is 6.78. The van der Waals surface area contributed by atoms with Gasteiger partial charge in [0, 0.05) is 24.7 Å². The van der Waals surface area contributed by atoms with Crippen molar-refractivity contribution in [2.45, 2.75) is 82.8 Å². The molecule has 0 spiro atoms. The van der Waals surface area contributed by atoms with E-state index in [0.717, 1.165) is 24.0 Å². The van der Waals surface area contributed by atoms with Gasteiger partial charge in [0.25, 0.3) is 0 Å². The Bertz CT molecular complexity index is 246. The normalized spacial score (nSPS) is 37.3. The summed E-state index contributed by atoms with van der Waals surface area (Å²) in [7, 11) is 0. The van der Waals surface area contributed by atoms with Gasteiger partial charge < -0.3 is 5.32 Å². The molecule has 2 heteroatoms. The first-order chi connectivity index (χ1) is 8.86. The van der Waals surface area contributed by atoms with Gasteiger partial charge >= 0.3 is 0 Å². The number of nitrogens with zero attached hydrogens (tertiary/aromatic N) is 1. The molecule has 1 saturated heterocycles. The smallest absolute Gasteiger partial charge is 0.0201 e. The first-order valence-electron chi connectivity index (χ1n) is 8.37. The molecule has 2 aliphatic carbocycles. The van der Waals surface area contributed by atoms with Gasteiger partial charge in [-0.15, -0.1) is 0 Å². The highest BCUT2D eigenvalue weighted by Crippen LogP contribution is 2.34. The minimum Gasteiger partial charge on any atom is -0.310 e. The molecule has 0 aromatic rings. The van der Waals surface area contributed by atoms with Crippen LogP contribution in [0.4, 0.5) is 0 Å². The molecule has 3 atom stereocenters. The second-order valence-electron chi connectivity index (χ2n) is 6.78. The molecule has 1 N–H and O–H groups in total. The number of fused-ring (bicyclic) bond motifs is 1. The van der Waals surface area contributed by atoms with Gasteiger partial charge in [-0.25, -0.2) is 0 Å². The van der Waals surface area contributed by atoms with E-state index in [1.165, 1.54) is 70.9 Å². The molecule has 3 rings (SSSR count). The lowest BCUT2D eigenvalue weighted by Gasteiger charge is -2.30. The summed E-state index contributed by atoms with van der Waals surface area (Å²) in [6.07, 6.45) is 13.2. The second kappa shape index (κ2) is 5.92. The van der Waals surface area contributed by atoms with Gasteiger partial charge in [-0.2, -0.15) is 0 Å². The summed E-state index contributed by atoms with van der Waals surface area (Å²) in [5.74, 6) is 1.01. The third-order valence-corrected chi connectivity index (χ3v) is 5.65. The highest BCUT2D eigenvalue weighted by Gasteiger charge is 2.36. The van der Waals surface area contributed by atoms with Crippen molar-refractivity contribution in [1.29, 1.82) is 0 Å². The minimum atomic E-state index is 0.790. The molecule has 3 fully saturated rings. The van der Waals surface area contributed by atoms with Crippen molar-refractivity contribution in [3.63, 3.8) is 0 Å². The standard InChI is InChI=1S/C16H30N2/c1-2-18(15-8-4-5-9-15)12-14-11-13-7-3-6-10-16(13)17-14/h13-17H,2-12H2,1H3. The fraction of sp³-hybridized carbons (Fsp3) is 1.00. The third-order valence-electron chi connectivity index (χ3n) is 5.65. The van der Waals surface area contributed by atoms with Crippen LogP contribution < -0.4 is 5.32 Å². The molecule has 2 saturated carbocycles. The molecular formula is C16H30N2. The maximum absolute atomic E-state index is 3.94. The molecule has 1 aliphatic heterocycles. The van der Waals surface area contributed by atoms with Crippen molar-refractivity contribution in [2.75, 3.05) is 13.1 Å². The van der Waals surface area contributed by atoms with Crippen LogP contribution in [-0.2, 0) is 0 Å². The SMILES string of the molecule is CCN(CC1CC2CCCCC2N1)C1CCCC1.